The summed E-state index contributed by atoms with van der Waals surface area (Å²) in [7, 11) is 0. The van der Waals surface area contributed by atoms with Crippen LogP contribution >= 0.6 is 23.4 Å². The predicted molar refractivity (Wildman–Crippen MR) is 68.2 cm³/mol. The Balaban J connectivity index is 2.41. The highest BCUT2D eigenvalue weighted by Gasteiger charge is 2.07. The molecule has 0 heterocycles. The normalized spacial score (nSPS) is 10.1. The molecule has 0 N–H and O–H groups in total. The molecule has 0 aromatic heterocycles. The van der Waals surface area contributed by atoms with E-state index in [4.69, 9.17) is 11.6 Å². The highest BCUT2D eigenvalue weighted by molar-refractivity contribution is 8.14. The summed E-state index contributed by atoms with van der Waals surface area (Å²) in [6.07, 6.45) is 0.996. The van der Waals surface area contributed by atoms with Crippen molar-refractivity contribution in [1.29, 1.82) is 0 Å². The van der Waals surface area contributed by atoms with Gasteiger partial charge in [-0.05, 0) is 24.3 Å². The summed E-state index contributed by atoms with van der Waals surface area (Å²) in [5.41, 5.74) is 0.623. The highest BCUT2D eigenvalue weighted by Crippen LogP contribution is 2.16. The molecule has 0 bridgehead atoms. The standard InChI is InChI=1S/C12H13ClO2S/c1-2-11(14)7-8-16-12(15)9-3-5-10(13)6-4-9/h3-6H,2,7-8H2,1H3. The van der Waals surface area contributed by atoms with Gasteiger partial charge in [-0.1, -0.05) is 30.3 Å². The molecule has 2 nitrogen and oxygen atoms in total. The van der Waals surface area contributed by atoms with Gasteiger partial charge in [-0.3, -0.25) is 9.59 Å². The average molecular weight is 257 g/mol. The van der Waals surface area contributed by atoms with E-state index in [0.717, 1.165) is 0 Å². The van der Waals surface area contributed by atoms with Gasteiger partial charge < -0.3 is 0 Å². The van der Waals surface area contributed by atoms with Crippen LogP contribution in [0.3, 0.4) is 0 Å². The number of carbonyl (C=O) groups excluding carboxylic acids is 2. The van der Waals surface area contributed by atoms with E-state index in [9.17, 15) is 9.59 Å². The monoisotopic (exact) mass is 256 g/mol. The van der Waals surface area contributed by atoms with Gasteiger partial charge in [0.15, 0.2) is 0 Å². The van der Waals surface area contributed by atoms with Crippen molar-refractivity contribution in [1.82, 2.24) is 0 Å². The maximum atomic E-state index is 11.6. The average Bonchev–Trinajstić information content (AvgIpc) is 2.29. The topological polar surface area (TPSA) is 34.1 Å². The third-order valence-corrected chi connectivity index (χ3v) is 3.25. The molecule has 1 rings (SSSR count). The number of Topliss-reactive ketones (excluding diaryl/α,β-unsaturated/α-hetero) is 1. The van der Waals surface area contributed by atoms with Crippen LogP contribution < -0.4 is 0 Å². The van der Waals surface area contributed by atoms with Crippen molar-refractivity contribution in [3.8, 4) is 0 Å². The van der Waals surface area contributed by atoms with E-state index in [-0.39, 0.29) is 10.9 Å². The number of ketones is 1. The molecule has 0 radical (unpaired) electrons. The maximum absolute atomic E-state index is 11.6. The van der Waals surface area contributed by atoms with E-state index in [2.05, 4.69) is 0 Å². The highest BCUT2D eigenvalue weighted by atomic mass is 35.5. The van der Waals surface area contributed by atoms with Gasteiger partial charge in [-0.2, -0.15) is 0 Å². The molecular weight excluding hydrogens is 244 g/mol. The SMILES string of the molecule is CCC(=O)CCSC(=O)c1ccc(Cl)cc1. The first-order chi connectivity index (χ1) is 7.63. The van der Waals surface area contributed by atoms with Gasteiger partial charge in [0.25, 0.3) is 0 Å². The lowest BCUT2D eigenvalue weighted by atomic mass is 10.2. The summed E-state index contributed by atoms with van der Waals surface area (Å²) in [6, 6.07) is 6.76. The van der Waals surface area contributed by atoms with E-state index in [1.165, 1.54) is 11.8 Å². The fraction of sp³-hybridized carbons (Fsp3) is 0.333. The van der Waals surface area contributed by atoms with Crippen LogP contribution in [-0.2, 0) is 4.79 Å². The number of carbonyl (C=O) groups is 2. The zero-order valence-electron chi connectivity index (χ0n) is 9.03. The Kier molecular flexibility index (Phi) is 5.56. The predicted octanol–water partition coefficient (Wildman–Crippen LogP) is 3.58. The largest absolute Gasteiger partial charge is 0.300 e. The molecule has 0 unspecified atom stereocenters. The zero-order valence-corrected chi connectivity index (χ0v) is 10.6. The van der Waals surface area contributed by atoms with Crippen molar-refractivity contribution in [2.75, 3.05) is 5.75 Å². The smallest absolute Gasteiger partial charge is 0.219 e. The van der Waals surface area contributed by atoms with Crippen molar-refractivity contribution in [2.24, 2.45) is 0 Å². The number of hydrogen-bond acceptors (Lipinski definition) is 3. The molecule has 0 aliphatic heterocycles. The lowest BCUT2D eigenvalue weighted by Crippen LogP contribution is -2.00. The second-order valence-corrected chi connectivity index (χ2v) is 4.79. The molecule has 0 aliphatic rings. The van der Waals surface area contributed by atoms with Gasteiger partial charge >= 0.3 is 0 Å². The quantitative estimate of drug-likeness (QED) is 0.808. The molecule has 86 valence electrons. The summed E-state index contributed by atoms with van der Waals surface area (Å²) >= 11 is 6.89. The number of halogens is 1. The summed E-state index contributed by atoms with van der Waals surface area (Å²) in [5.74, 6) is 0.741. The molecule has 1 aromatic carbocycles. The minimum atomic E-state index is -0.0134. The molecule has 0 atom stereocenters. The number of hydrogen-bond donors (Lipinski definition) is 0. The van der Waals surface area contributed by atoms with E-state index >= 15 is 0 Å². The molecule has 0 saturated carbocycles. The Morgan fingerprint density at radius 3 is 2.44 bits per heavy atom. The summed E-state index contributed by atoms with van der Waals surface area (Å²) in [5, 5.41) is 0.600. The van der Waals surface area contributed by atoms with Gasteiger partial charge in [-0.15, -0.1) is 0 Å². The Morgan fingerprint density at radius 2 is 1.88 bits per heavy atom. The molecule has 0 fully saturated rings. The minimum Gasteiger partial charge on any atom is -0.300 e. The number of thioether (sulfide) groups is 1. The maximum Gasteiger partial charge on any atom is 0.219 e. The molecule has 0 spiro atoms. The molecule has 1 aromatic rings. The molecular formula is C12H13ClO2S. The second-order valence-electron chi connectivity index (χ2n) is 3.29. The first-order valence-electron chi connectivity index (χ1n) is 5.08. The first kappa shape index (κ1) is 13.3. The molecule has 16 heavy (non-hydrogen) atoms. The van der Waals surface area contributed by atoms with Crippen molar-refractivity contribution in [3.05, 3.63) is 34.9 Å². The zero-order chi connectivity index (χ0) is 12.0. The lowest BCUT2D eigenvalue weighted by Gasteiger charge is -2.00. The Labute approximate surface area is 104 Å². The van der Waals surface area contributed by atoms with E-state index in [1.54, 1.807) is 24.3 Å². The van der Waals surface area contributed by atoms with Gasteiger partial charge in [0, 0.05) is 29.2 Å². The number of benzene rings is 1. The third kappa shape index (κ3) is 4.37. The lowest BCUT2D eigenvalue weighted by molar-refractivity contribution is -0.118. The second kappa shape index (κ2) is 6.71. The molecule has 4 heteroatoms. The van der Waals surface area contributed by atoms with Crippen LogP contribution in [-0.4, -0.2) is 16.7 Å². The van der Waals surface area contributed by atoms with Crippen LogP contribution in [0.5, 0.6) is 0 Å². The third-order valence-electron chi connectivity index (χ3n) is 2.09. The number of rotatable bonds is 5. The molecule has 0 aliphatic carbocycles. The van der Waals surface area contributed by atoms with Crippen LogP contribution in [0.2, 0.25) is 5.02 Å². The molecule has 0 amide bonds. The van der Waals surface area contributed by atoms with Crippen molar-refractivity contribution in [2.45, 2.75) is 19.8 Å². The summed E-state index contributed by atoms with van der Waals surface area (Å²) in [4.78, 5) is 22.7. The van der Waals surface area contributed by atoms with E-state index < -0.39 is 0 Å². The fourth-order valence-corrected chi connectivity index (χ4v) is 2.05. The van der Waals surface area contributed by atoms with Gasteiger partial charge in [0.1, 0.15) is 5.78 Å². The van der Waals surface area contributed by atoms with Crippen molar-refractivity contribution < 1.29 is 9.59 Å². The fourth-order valence-electron chi connectivity index (χ4n) is 1.10. The molecule has 0 saturated heterocycles. The first-order valence-corrected chi connectivity index (χ1v) is 6.44. The van der Waals surface area contributed by atoms with Crippen LogP contribution in [0.4, 0.5) is 0 Å². The Bertz CT molecular complexity index is 373. The van der Waals surface area contributed by atoms with Crippen molar-refractivity contribution in [3.63, 3.8) is 0 Å². The van der Waals surface area contributed by atoms with Crippen LogP contribution in [0.25, 0.3) is 0 Å². The van der Waals surface area contributed by atoms with Crippen LogP contribution in [0.1, 0.15) is 30.1 Å². The Hall–Kier alpha value is -0.800. The van der Waals surface area contributed by atoms with Gasteiger partial charge in [0.05, 0.1) is 0 Å². The van der Waals surface area contributed by atoms with Crippen LogP contribution in [0.15, 0.2) is 24.3 Å². The van der Waals surface area contributed by atoms with Crippen molar-refractivity contribution >= 4 is 34.3 Å². The van der Waals surface area contributed by atoms with E-state index in [0.29, 0.717) is 29.2 Å². The summed E-state index contributed by atoms with van der Waals surface area (Å²) in [6.45, 7) is 1.83. The van der Waals surface area contributed by atoms with Crippen LogP contribution in [0, 0.1) is 0 Å². The van der Waals surface area contributed by atoms with Gasteiger partial charge in [-0.25, -0.2) is 0 Å². The van der Waals surface area contributed by atoms with E-state index in [1.807, 2.05) is 6.92 Å². The Morgan fingerprint density at radius 1 is 1.25 bits per heavy atom. The van der Waals surface area contributed by atoms with Gasteiger partial charge in [0.2, 0.25) is 5.12 Å². The summed E-state index contributed by atoms with van der Waals surface area (Å²) < 4.78 is 0. The minimum absolute atomic E-state index is 0.0134.